The van der Waals surface area contributed by atoms with Crippen molar-refractivity contribution in [2.45, 2.75) is 44.7 Å². The summed E-state index contributed by atoms with van der Waals surface area (Å²) in [5.74, 6) is 0.307. The number of nitrogens with zero attached hydrogens (tertiary/aromatic N) is 2. The molecule has 1 aromatic carbocycles. The number of hydrogen-bond acceptors (Lipinski definition) is 2. The summed E-state index contributed by atoms with van der Waals surface area (Å²) < 4.78 is 41.6. The van der Waals surface area contributed by atoms with Gasteiger partial charge in [0.1, 0.15) is 8.69 Å². The molecule has 0 saturated carbocycles. The first-order chi connectivity index (χ1) is 11.9. The number of rotatable bonds is 2. The molecule has 0 amide bonds. The van der Waals surface area contributed by atoms with Crippen molar-refractivity contribution in [2.24, 2.45) is 7.05 Å². The van der Waals surface area contributed by atoms with Gasteiger partial charge in [-0.2, -0.15) is 18.3 Å². The van der Waals surface area contributed by atoms with Crippen LogP contribution >= 0.6 is 34.8 Å². The second kappa shape index (κ2) is 6.47. The minimum absolute atomic E-state index is 0.0356. The van der Waals surface area contributed by atoms with Crippen molar-refractivity contribution in [1.29, 1.82) is 0 Å². The molecule has 3 nitrogen and oxygen atoms in total. The van der Waals surface area contributed by atoms with E-state index in [2.05, 4.69) is 37.3 Å². The molecule has 1 heterocycles. The zero-order valence-electron chi connectivity index (χ0n) is 14.8. The van der Waals surface area contributed by atoms with Crippen molar-refractivity contribution >= 4 is 45.5 Å². The van der Waals surface area contributed by atoms with Crippen molar-refractivity contribution < 1.29 is 13.2 Å². The monoisotopic (exact) mass is 493 g/mol. The molecule has 1 unspecified atom stereocenters. The van der Waals surface area contributed by atoms with Gasteiger partial charge >= 0.3 is 6.18 Å². The van der Waals surface area contributed by atoms with Gasteiger partial charge in [0.2, 0.25) is 0 Å². The van der Waals surface area contributed by atoms with Gasteiger partial charge in [-0.05, 0) is 57.5 Å². The first-order valence-electron chi connectivity index (χ1n) is 8.18. The van der Waals surface area contributed by atoms with Crippen LogP contribution in [0.5, 0.6) is 0 Å². The van der Waals surface area contributed by atoms with Gasteiger partial charge in [-0.1, -0.05) is 45.1 Å². The van der Waals surface area contributed by atoms with Crippen molar-refractivity contribution in [2.75, 3.05) is 5.32 Å². The maximum Gasteiger partial charge on any atom is 0.435 e. The smallest absolute Gasteiger partial charge is 0.346 e. The van der Waals surface area contributed by atoms with Crippen molar-refractivity contribution in [1.82, 2.24) is 9.78 Å². The first-order valence-corrected chi connectivity index (χ1v) is 9.66. The van der Waals surface area contributed by atoms with E-state index in [1.54, 1.807) is 0 Å². The molecule has 0 aliphatic heterocycles. The average molecular weight is 493 g/mol. The Balaban J connectivity index is 2.03. The highest BCUT2D eigenvalue weighted by molar-refractivity contribution is 14.1. The van der Waals surface area contributed by atoms with E-state index in [0.717, 1.165) is 17.7 Å². The molecule has 3 rings (SSSR count). The third kappa shape index (κ3) is 3.26. The topological polar surface area (TPSA) is 29.9 Å². The van der Waals surface area contributed by atoms with Crippen LogP contribution < -0.4 is 5.32 Å². The highest BCUT2D eigenvalue weighted by Crippen LogP contribution is 2.48. The number of aromatic nitrogens is 2. The molecule has 1 aromatic heterocycles. The van der Waals surface area contributed by atoms with E-state index in [1.807, 2.05) is 34.7 Å². The number of aryl methyl sites for hydroxylation is 1. The van der Waals surface area contributed by atoms with Gasteiger partial charge in [-0.25, -0.2) is 0 Å². The SMILES string of the molecule is CC1CC(C)(C)c2cccc(NC(=S)c3c(C(F)(F)F)nn(C)c3I)c21. The van der Waals surface area contributed by atoms with Crippen LogP contribution in [-0.4, -0.2) is 14.8 Å². The van der Waals surface area contributed by atoms with E-state index in [1.165, 1.54) is 17.3 Å². The van der Waals surface area contributed by atoms with Crippen molar-refractivity contribution in [3.8, 4) is 0 Å². The van der Waals surface area contributed by atoms with Crippen LogP contribution in [0, 0.1) is 3.70 Å². The molecule has 140 valence electrons. The fraction of sp³-hybridized carbons (Fsp3) is 0.444. The normalized spacial score (nSPS) is 18.7. The molecule has 2 aromatic rings. The number of anilines is 1. The maximum atomic E-state index is 13.4. The third-order valence-electron chi connectivity index (χ3n) is 4.87. The average Bonchev–Trinajstić information content (AvgIpc) is 2.94. The molecule has 26 heavy (non-hydrogen) atoms. The largest absolute Gasteiger partial charge is 0.435 e. The van der Waals surface area contributed by atoms with Gasteiger partial charge in [0.05, 0.1) is 5.56 Å². The molecular weight excluding hydrogens is 474 g/mol. The summed E-state index contributed by atoms with van der Waals surface area (Å²) >= 11 is 7.20. The zero-order valence-corrected chi connectivity index (χ0v) is 17.8. The van der Waals surface area contributed by atoms with E-state index in [9.17, 15) is 13.2 Å². The van der Waals surface area contributed by atoms with Crippen LogP contribution in [0.15, 0.2) is 18.2 Å². The predicted molar refractivity (Wildman–Crippen MR) is 109 cm³/mol. The number of halogens is 4. The summed E-state index contributed by atoms with van der Waals surface area (Å²) in [6.07, 6.45) is -3.57. The molecule has 0 saturated heterocycles. The van der Waals surface area contributed by atoms with E-state index in [4.69, 9.17) is 12.2 Å². The Morgan fingerprint density at radius 2 is 2.04 bits per heavy atom. The number of benzene rings is 1. The number of fused-ring (bicyclic) bond motifs is 1. The maximum absolute atomic E-state index is 13.4. The molecule has 0 fully saturated rings. The quantitative estimate of drug-likeness (QED) is 0.436. The van der Waals surface area contributed by atoms with E-state index in [-0.39, 0.29) is 16.0 Å². The lowest BCUT2D eigenvalue weighted by Crippen LogP contribution is -2.19. The zero-order chi connectivity index (χ0) is 19.4. The van der Waals surface area contributed by atoms with Gasteiger partial charge in [0.25, 0.3) is 0 Å². The fourth-order valence-electron chi connectivity index (χ4n) is 3.86. The van der Waals surface area contributed by atoms with Gasteiger partial charge in [0.15, 0.2) is 5.69 Å². The number of hydrogen-bond donors (Lipinski definition) is 1. The Morgan fingerprint density at radius 1 is 1.38 bits per heavy atom. The fourth-order valence-corrected chi connectivity index (χ4v) is 4.98. The van der Waals surface area contributed by atoms with Crippen LogP contribution in [-0.2, 0) is 18.6 Å². The molecule has 1 aliphatic rings. The summed E-state index contributed by atoms with van der Waals surface area (Å²) in [6.45, 7) is 6.50. The Bertz CT molecular complexity index is 887. The molecule has 8 heteroatoms. The molecule has 1 N–H and O–H groups in total. The van der Waals surface area contributed by atoms with Gasteiger partial charge in [-0.3, -0.25) is 4.68 Å². The first kappa shape index (κ1) is 19.6. The summed E-state index contributed by atoms with van der Waals surface area (Å²) in [5, 5.41) is 6.68. The molecule has 0 spiro atoms. The molecule has 0 bridgehead atoms. The summed E-state index contributed by atoms with van der Waals surface area (Å²) in [6, 6.07) is 5.88. The highest BCUT2D eigenvalue weighted by atomic mass is 127. The van der Waals surface area contributed by atoms with Crippen LogP contribution in [0.1, 0.15) is 55.5 Å². The van der Waals surface area contributed by atoms with E-state index >= 15 is 0 Å². The lowest BCUT2D eigenvalue weighted by molar-refractivity contribution is -0.141. The molecular formula is C18H19F3IN3S. The Hall–Kier alpha value is -1.16. The van der Waals surface area contributed by atoms with Crippen LogP contribution in [0.3, 0.4) is 0 Å². The number of thiocarbonyl (C=S) groups is 1. The summed E-state index contributed by atoms with van der Waals surface area (Å²) in [5.41, 5.74) is 2.13. The minimum atomic E-state index is -4.56. The summed E-state index contributed by atoms with van der Waals surface area (Å²) in [7, 11) is 1.48. The van der Waals surface area contributed by atoms with E-state index in [0.29, 0.717) is 9.62 Å². The molecule has 1 atom stereocenters. The molecule has 0 radical (unpaired) electrons. The van der Waals surface area contributed by atoms with Gasteiger partial charge in [0, 0.05) is 12.7 Å². The van der Waals surface area contributed by atoms with Gasteiger partial charge < -0.3 is 5.32 Å². The van der Waals surface area contributed by atoms with Gasteiger partial charge in [-0.15, -0.1) is 0 Å². The minimum Gasteiger partial charge on any atom is -0.346 e. The Kier molecular flexibility index (Phi) is 4.88. The predicted octanol–water partition coefficient (Wildman–Crippen LogP) is 5.62. The number of alkyl halides is 3. The van der Waals surface area contributed by atoms with E-state index < -0.39 is 11.9 Å². The Labute approximate surface area is 169 Å². The summed E-state index contributed by atoms with van der Waals surface area (Å²) in [4.78, 5) is 0.0418. The lowest BCUT2D eigenvalue weighted by Gasteiger charge is -2.20. The highest BCUT2D eigenvalue weighted by Gasteiger charge is 2.40. The second-order valence-corrected chi connectivity index (χ2v) is 8.78. The number of nitrogens with one attached hydrogen (secondary N) is 1. The second-order valence-electron chi connectivity index (χ2n) is 7.35. The van der Waals surface area contributed by atoms with Crippen LogP contribution in [0.4, 0.5) is 18.9 Å². The van der Waals surface area contributed by atoms with Crippen molar-refractivity contribution in [3.63, 3.8) is 0 Å². The standard InChI is InChI=1S/C18H19F3IN3S/c1-9-8-17(2,3)10-6-5-7-11(12(9)10)23-16(26)13-14(18(19,20)21)24-25(4)15(13)22/h5-7,9H,8H2,1-4H3,(H,23,26). The van der Waals surface area contributed by atoms with Crippen LogP contribution in [0.25, 0.3) is 0 Å². The van der Waals surface area contributed by atoms with Crippen LogP contribution in [0.2, 0.25) is 0 Å². The Morgan fingerprint density at radius 3 is 2.65 bits per heavy atom. The molecule has 1 aliphatic carbocycles. The van der Waals surface area contributed by atoms with Crippen molar-refractivity contribution in [3.05, 3.63) is 44.3 Å². The third-order valence-corrected chi connectivity index (χ3v) is 6.41. The lowest BCUT2D eigenvalue weighted by atomic mass is 9.86.